The molecule has 0 spiro atoms. The molecule has 0 atom stereocenters. The lowest BCUT2D eigenvalue weighted by Gasteiger charge is -2.27. The van der Waals surface area contributed by atoms with E-state index in [1.165, 1.54) is 10.4 Å². The summed E-state index contributed by atoms with van der Waals surface area (Å²) in [5, 5.41) is 8.79. The molecule has 4 nitrogen and oxygen atoms in total. The van der Waals surface area contributed by atoms with Gasteiger partial charge in [-0.2, -0.15) is 9.57 Å². The molecule has 98 valence electrons. The molecule has 1 fully saturated rings. The standard InChI is InChI=1S/C10H10Cl2N2O2S2/c11-9-5-8(10(12)17-9)18(15,16)14-3-1-7(6-13)2-4-14/h5,7H,1-4H2. The van der Waals surface area contributed by atoms with Crippen LogP contribution in [0.4, 0.5) is 0 Å². The number of rotatable bonds is 2. The van der Waals surface area contributed by atoms with Gasteiger partial charge in [0, 0.05) is 19.0 Å². The van der Waals surface area contributed by atoms with E-state index in [9.17, 15) is 8.42 Å². The van der Waals surface area contributed by atoms with Gasteiger partial charge in [0.25, 0.3) is 0 Å². The maximum Gasteiger partial charge on any atom is 0.245 e. The van der Waals surface area contributed by atoms with Gasteiger partial charge in [0.1, 0.15) is 9.23 Å². The fraction of sp³-hybridized carbons (Fsp3) is 0.500. The third-order valence-corrected chi connectivity index (χ3v) is 6.53. The fourth-order valence-corrected chi connectivity index (χ4v) is 5.45. The van der Waals surface area contributed by atoms with Crippen molar-refractivity contribution in [3.63, 3.8) is 0 Å². The first-order valence-electron chi connectivity index (χ1n) is 5.29. The van der Waals surface area contributed by atoms with Gasteiger partial charge in [-0.05, 0) is 18.9 Å². The maximum atomic E-state index is 12.3. The summed E-state index contributed by atoms with van der Waals surface area (Å²) in [7, 11) is -3.59. The van der Waals surface area contributed by atoms with Gasteiger partial charge in [-0.25, -0.2) is 8.42 Å². The van der Waals surface area contributed by atoms with Crippen molar-refractivity contribution in [1.29, 1.82) is 5.26 Å². The van der Waals surface area contributed by atoms with Crippen LogP contribution in [0.15, 0.2) is 11.0 Å². The Labute approximate surface area is 120 Å². The molecule has 0 bridgehead atoms. The molecular weight excluding hydrogens is 315 g/mol. The number of hydrogen-bond acceptors (Lipinski definition) is 4. The number of nitrogens with zero attached hydrogens (tertiary/aromatic N) is 2. The lowest BCUT2D eigenvalue weighted by Crippen LogP contribution is -2.38. The number of sulfonamides is 1. The normalized spacial score (nSPS) is 18.7. The molecular formula is C10H10Cl2N2O2S2. The second-order valence-corrected chi connectivity index (χ2v) is 8.19. The first-order valence-corrected chi connectivity index (χ1v) is 8.31. The predicted octanol–water partition coefficient (Wildman–Crippen LogP) is 2.98. The van der Waals surface area contributed by atoms with Crippen LogP contribution in [-0.2, 0) is 10.0 Å². The molecule has 1 aromatic heterocycles. The minimum atomic E-state index is -3.59. The highest BCUT2D eigenvalue weighted by atomic mass is 35.5. The minimum Gasteiger partial charge on any atom is -0.207 e. The van der Waals surface area contributed by atoms with Crippen LogP contribution in [0.1, 0.15) is 12.8 Å². The summed E-state index contributed by atoms with van der Waals surface area (Å²) in [6.45, 7) is 0.703. The van der Waals surface area contributed by atoms with E-state index in [0.29, 0.717) is 30.3 Å². The van der Waals surface area contributed by atoms with E-state index in [4.69, 9.17) is 28.5 Å². The van der Waals surface area contributed by atoms with Gasteiger partial charge < -0.3 is 0 Å². The molecule has 18 heavy (non-hydrogen) atoms. The zero-order valence-electron chi connectivity index (χ0n) is 9.27. The molecule has 1 aromatic rings. The molecule has 2 rings (SSSR count). The molecule has 0 unspecified atom stereocenters. The lowest BCUT2D eigenvalue weighted by atomic mass is 10.0. The van der Waals surface area contributed by atoms with Gasteiger partial charge in [0.15, 0.2) is 0 Å². The van der Waals surface area contributed by atoms with Gasteiger partial charge in [0.05, 0.1) is 10.4 Å². The summed E-state index contributed by atoms with van der Waals surface area (Å²) in [6, 6.07) is 3.54. The summed E-state index contributed by atoms with van der Waals surface area (Å²) in [4.78, 5) is 0.0644. The van der Waals surface area contributed by atoms with E-state index in [-0.39, 0.29) is 15.1 Å². The largest absolute Gasteiger partial charge is 0.245 e. The average molecular weight is 325 g/mol. The van der Waals surface area contributed by atoms with Crippen LogP contribution in [0.5, 0.6) is 0 Å². The summed E-state index contributed by atoms with van der Waals surface area (Å²) >= 11 is 12.7. The smallest absolute Gasteiger partial charge is 0.207 e. The highest BCUT2D eigenvalue weighted by Gasteiger charge is 2.31. The molecule has 1 aliphatic rings. The van der Waals surface area contributed by atoms with Crippen molar-refractivity contribution in [3.8, 4) is 6.07 Å². The summed E-state index contributed by atoms with van der Waals surface area (Å²) < 4.78 is 26.5. The lowest BCUT2D eigenvalue weighted by molar-refractivity contribution is 0.310. The Morgan fingerprint density at radius 2 is 2.00 bits per heavy atom. The van der Waals surface area contributed by atoms with Gasteiger partial charge in [-0.1, -0.05) is 23.2 Å². The van der Waals surface area contributed by atoms with Crippen LogP contribution >= 0.6 is 34.5 Å². The van der Waals surface area contributed by atoms with Crippen LogP contribution in [0.2, 0.25) is 8.67 Å². The third kappa shape index (κ3) is 2.65. The number of nitriles is 1. The number of hydrogen-bond donors (Lipinski definition) is 0. The van der Waals surface area contributed by atoms with E-state index in [2.05, 4.69) is 6.07 Å². The molecule has 2 heterocycles. The quantitative estimate of drug-likeness (QED) is 0.840. The molecule has 8 heteroatoms. The van der Waals surface area contributed by atoms with Crippen molar-refractivity contribution in [1.82, 2.24) is 4.31 Å². The number of halogens is 2. The number of piperidine rings is 1. The zero-order chi connectivity index (χ0) is 13.3. The van der Waals surface area contributed by atoms with Gasteiger partial charge in [-0.3, -0.25) is 0 Å². The van der Waals surface area contributed by atoms with Crippen LogP contribution in [0.3, 0.4) is 0 Å². The predicted molar refractivity (Wildman–Crippen MR) is 71.4 cm³/mol. The topological polar surface area (TPSA) is 61.2 Å². The maximum absolute atomic E-state index is 12.3. The Hall–Kier alpha value is -0.320. The van der Waals surface area contributed by atoms with E-state index >= 15 is 0 Å². The second kappa shape index (κ2) is 5.35. The van der Waals surface area contributed by atoms with Gasteiger partial charge in [-0.15, -0.1) is 11.3 Å². The van der Waals surface area contributed by atoms with Crippen LogP contribution in [-0.4, -0.2) is 25.8 Å². The van der Waals surface area contributed by atoms with Gasteiger partial charge >= 0.3 is 0 Å². The Kier molecular flexibility index (Phi) is 4.19. The zero-order valence-corrected chi connectivity index (χ0v) is 12.4. The van der Waals surface area contributed by atoms with Crippen LogP contribution < -0.4 is 0 Å². The molecule has 0 saturated carbocycles. The molecule has 0 radical (unpaired) electrons. The minimum absolute atomic E-state index is 0.0574. The first kappa shape index (κ1) is 14.1. The molecule has 0 aliphatic carbocycles. The van der Waals surface area contributed by atoms with Crippen molar-refractivity contribution < 1.29 is 8.42 Å². The molecule has 0 N–H and O–H groups in total. The average Bonchev–Trinajstić information content (AvgIpc) is 2.69. The first-order chi connectivity index (χ1) is 8.45. The van der Waals surface area contributed by atoms with Crippen molar-refractivity contribution in [2.24, 2.45) is 5.92 Å². The monoisotopic (exact) mass is 324 g/mol. The Bertz CT molecular complexity index is 584. The van der Waals surface area contributed by atoms with E-state index in [1.807, 2.05) is 0 Å². The Morgan fingerprint density at radius 3 is 2.44 bits per heavy atom. The summed E-state index contributed by atoms with van der Waals surface area (Å²) in [5.41, 5.74) is 0. The van der Waals surface area contributed by atoms with E-state index < -0.39 is 10.0 Å². The van der Waals surface area contributed by atoms with Crippen LogP contribution in [0.25, 0.3) is 0 Å². The molecule has 0 aromatic carbocycles. The SMILES string of the molecule is N#CC1CCN(S(=O)(=O)c2cc(Cl)sc2Cl)CC1. The third-order valence-electron chi connectivity index (χ3n) is 2.88. The summed E-state index contributed by atoms with van der Waals surface area (Å²) in [6.07, 6.45) is 1.12. The summed E-state index contributed by atoms with van der Waals surface area (Å²) in [5.74, 6) is -0.0574. The molecule has 0 amide bonds. The van der Waals surface area contributed by atoms with Crippen LogP contribution in [0, 0.1) is 17.2 Å². The molecule has 1 saturated heterocycles. The fourth-order valence-electron chi connectivity index (χ4n) is 1.87. The Balaban J connectivity index is 2.23. The van der Waals surface area contributed by atoms with E-state index in [0.717, 1.165) is 11.3 Å². The second-order valence-electron chi connectivity index (χ2n) is 4.00. The van der Waals surface area contributed by atoms with Crippen molar-refractivity contribution in [2.75, 3.05) is 13.1 Å². The van der Waals surface area contributed by atoms with E-state index in [1.54, 1.807) is 0 Å². The number of thiophene rings is 1. The highest BCUT2D eigenvalue weighted by Crippen LogP contribution is 2.36. The Morgan fingerprint density at radius 1 is 1.39 bits per heavy atom. The molecule has 1 aliphatic heterocycles. The van der Waals surface area contributed by atoms with Gasteiger partial charge in [0.2, 0.25) is 10.0 Å². The van der Waals surface area contributed by atoms with Crippen molar-refractivity contribution >= 4 is 44.6 Å². The van der Waals surface area contributed by atoms with Crippen molar-refractivity contribution in [2.45, 2.75) is 17.7 Å². The van der Waals surface area contributed by atoms with Crippen molar-refractivity contribution in [3.05, 3.63) is 14.7 Å². The highest BCUT2D eigenvalue weighted by molar-refractivity contribution is 7.89.